The number of ether oxygens (including phenoxy) is 3. The van der Waals surface area contributed by atoms with Gasteiger partial charge < -0.3 is 14.2 Å². The van der Waals surface area contributed by atoms with Gasteiger partial charge in [0.05, 0.1) is 24.8 Å². The predicted molar refractivity (Wildman–Crippen MR) is 104 cm³/mol. The summed E-state index contributed by atoms with van der Waals surface area (Å²) in [4.78, 5) is 37.6. The van der Waals surface area contributed by atoms with Gasteiger partial charge in [-0.2, -0.15) is 0 Å². The third-order valence-electron chi connectivity index (χ3n) is 4.22. The second kappa shape index (κ2) is 10.2. The van der Waals surface area contributed by atoms with Crippen molar-refractivity contribution in [2.75, 3.05) is 26.6 Å². The summed E-state index contributed by atoms with van der Waals surface area (Å²) in [5.41, 5.74) is -1.37. The molecule has 11 heteroatoms. The highest BCUT2D eigenvalue weighted by atomic mass is 32.2. The summed E-state index contributed by atoms with van der Waals surface area (Å²) in [6.45, 7) is 7.73. The molecule has 0 aromatic heterocycles. The number of hydrazine groups is 1. The number of rotatable bonds is 8. The van der Waals surface area contributed by atoms with Crippen molar-refractivity contribution in [3.05, 3.63) is 37.5 Å². The summed E-state index contributed by atoms with van der Waals surface area (Å²) in [7, 11) is -3.10. The molecule has 29 heavy (non-hydrogen) atoms. The molecule has 2 atom stereocenters. The minimum absolute atomic E-state index is 0.212. The highest BCUT2D eigenvalue weighted by Gasteiger charge is 2.52. The summed E-state index contributed by atoms with van der Waals surface area (Å²) >= 11 is 0. The number of carbonyl (C=O) groups is 3. The third kappa shape index (κ3) is 5.67. The van der Waals surface area contributed by atoms with Crippen LogP contribution in [0.4, 0.5) is 9.59 Å². The van der Waals surface area contributed by atoms with Crippen LogP contribution in [0.1, 0.15) is 19.8 Å². The Morgan fingerprint density at radius 1 is 1.17 bits per heavy atom. The van der Waals surface area contributed by atoms with E-state index in [1.807, 2.05) is 0 Å². The van der Waals surface area contributed by atoms with Gasteiger partial charge in [-0.1, -0.05) is 41.9 Å². The van der Waals surface area contributed by atoms with Crippen LogP contribution < -0.4 is 0 Å². The van der Waals surface area contributed by atoms with E-state index >= 15 is 0 Å². The zero-order valence-corrected chi connectivity index (χ0v) is 17.5. The van der Waals surface area contributed by atoms with Crippen LogP contribution in [-0.4, -0.2) is 68.6 Å². The van der Waals surface area contributed by atoms with Crippen molar-refractivity contribution < 1.29 is 37.0 Å². The lowest BCUT2D eigenvalue weighted by atomic mass is 9.75. The van der Waals surface area contributed by atoms with Gasteiger partial charge in [-0.3, -0.25) is 4.79 Å². The molecule has 1 rings (SSSR count). The molecule has 10 nitrogen and oxygen atoms in total. The van der Waals surface area contributed by atoms with E-state index in [2.05, 4.69) is 13.2 Å². The summed E-state index contributed by atoms with van der Waals surface area (Å²) in [5.74, 6) is -0.695. The minimum atomic E-state index is -4.27. The number of amides is 2. The van der Waals surface area contributed by atoms with Crippen LogP contribution in [0.2, 0.25) is 0 Å². The average molecular weight is 430 g/mol. The van der Waals surface area contributed by atoms with Crippen molar-refractivity contribution in [3.63, 3.8) is 0 Å². The highest BCUT2D eigenvalue weighted by Crippen LogP contribution is 2.39. The first kappa shape index (κ1) is 24.4. The van der Waals surface area contributed by atoms with Crippen LogP contribution in [0, 0.1) is 5.41 Å². The Hall–Kier alpha value is -2.66. The molecule has 0 saturated heterocycles. The summed E-state index contributed by atoms with van der Waals surface area (Å²) in [6.07, 6.45) is 4.44. The molecule has 0 heterocycles. The Kier molecular flexibility index (Phi) is 8.59. The van der Waals surface area contributed by atoms with Crippen LogP contribution in [0.5, 0.6) is 0 Å². The zero-order chi connectivity index (χ0) is 22.2. The smallest absolute Gasteiger partial charge is 0.435 e. The van der Waals surface area contributed by atoms with Crippen molar-refractivity contribution in [1.82, 2.24) is 9.42 Å². The van der Waals surface area contributed by atoms with Crippen LogP contribution in [-0.2, 0) is 29.0 Å². The quantitative estimate of drug-likeness (QED) is 0.248. The molecule has 0 aliphatic heterocycles. The lowest BCUT2D eigenvalue weighted by Gasteiger charge is -2.43. The van der Waals surface area contributed by atoms with Crippen molar-refractivity contribution in [3.8, 4) is 0 Å². The second-order valence-corrected chi connectivity index (χ2v) is 8.24. The van der Waals surface area contributed by atoms with Gasteiger partial charge in [0.2, 0.25) is 10.0 Å². The normalized spacial score (nSPS) is 21.2. The number of hydrogen-bond donors (Lipinski definition) is 0. The van der Waals surface area contributed by atoms with E-state index in [9.17, 15) is 22.8 Å². The molecule has 0 spiro atoms. The fourth-order valence-electron chi connectivity index (χ4n) is 2.84. The fourth-order valence-corrected chi connectivity index (χ4v) is 3.98. The number of methoxy groups -OCH3 is 1. The maximum Gasteiger partial charge on any atom is 0.435 e. The van der Waals surface area contributed by atoms with E-state index in [1.165, 1.54) is 32.3 Å². The molecule has 0 fully saturated rings. The fraction of sp³-hybridized carbons (Fsp3) is 0.500. The van der Waals surface area contributed by atoms with Crippen LogP contribution in [0.15, 0.2) is 37.5 Å². The lowest BCUT2D eigenvalue weighted by molar-refractivity contribution is -0.156. The molecule has 0 saturated carbocycles. The Morgan fingerprint density at radius 3 is 2.10 bits per heavy atom. The maximum absolute atomic E-state index is 12.7. The summed E-state index contributed by atoms with van der Waals surface area (Å²) in [6, 6.07) is -1.24. The molecule has 0 aromatic rings. The van der Waals surface area contributed by atoms with Gasteiger partial charge in [0.1, 0.15) is 13.2 Å². The first-order valence-electron chi connectivity index (χ1n) is 8.64. The lowest BCUT2D eigenvalue weighted by Crippen LogP contribution is -2.62. The van der Waals surface area contributed by atoms with Gasteiger partial charge >= 0.3 is 18.2 Å². The summed E-state index contributed by atoms with van der Waals surface area (Å²) in [5, 5.41) is 0.212. The maximum atomic E-state index is 12.7. The Balaban J connectivity index is 3.58. The molecule has 0 N–H and O–H groups in total. The number of hydrogen-bond acceptors (Lipinski definition) is 8. The second-order valence-electron chi connectivity index (χ2n) is 6.40. The van der Waals surface area contributed by atoms with Gasteiger partial charge in [0.25, 0.3) is 0 Å². The largest absolute Gasteiger partial charge is 0.469 e. The topological polar surface area (TPSA) is 120 Å². The molecular weight excluding hydrogens is 404 g/mol. The molecule has 0 unspecified atom stereocenters. The van der Waals surface area contributed by atoms with Crippen LogP contribution in [0.25, 0.3) is 0 Å². The van der Waals surface area contributed by atoms with E-state index < -0.39 is 39.6 Å². The number of allylic oxidation sites excluding steroid dienone is 1. The highest BCUT2D eigenvalue weighted by molar-refractivity contribution is 7.88. The monoisotopic (exact) mass is 430 g/mol. The predicted octanol–water partition coefficient (Wildman–Crippen LogP) is 2.01. The van der Waals surface area contributed by atoms with Gasteiger partial charge in [0.15, 0.2) is 0 Å². The molecule has 0 bridgehead atoms. The Labute approximate surface area is 170 Å². The van der Waals surface area contributed by atoms with Gasteiger partial charge in [-0.25, -0.2) is 18.0 Å². The molecular formula is C18H26N2O8S. The van der Waals surface area contributed by atoms with Gasteiger partial charge in [-0.05, 0) is 19.8 Å². The van der Waals surface area contributed by atoms with E-state index in [4.69, 9.17) is 14.2 Å². The standard InChI is InChI=1S/C18H26N2O8S/c1-6-12-27-16(22)19(17(23)28-13-7-2)20(29(5,24)25)14-10-8-9-11-18(14,3)15(21)26-4/h6-8,10,14H,1-2,9,11-13H2,3-5H3/t14-,18-/m1/s1. The average Bonchev–Trinajstić information content (AvgIpc) is 2.67. The molecule has 0 aromatic carbocycles. The molecule has 1 aliphatic carbocycles. The zero-order valence-electron chi connectivity index (χ0n) is 16.7. The van der Waals surface area contributed by atoms with Gasteiger partial charge in [0, 0.05) is 0 Å². The van der Waals surface area contributed by atoms with E-state index in [-0.39, 0.29) is 24.6 Å². The summed E-state index contributed by atoms with van der Waals surface area (Å²) < 4.78 is 40.4. The van der Waals surface area contributed by atoms with Crippen molar-refractivity contribution >= 4 is 28.2 Å². The first-order chi connectivity index (χ1) is 13.5. The Bertz CT molecular complexity index is 768. The molecule has 1 aliphatic rings. The molecule has 0 radical (unpaired) electrons. The molecule has 162 valence electrons. The minimum Gasteiger partial charge on any atom is -0.469 e. The first-order valence-corrected chi connectivity index (χ1v) is 10.5. The number of imide groups is 1. The third-order valence-corrected chi connectivity index (χ3v) is 5.29. The molecule has 2 amide bonds. The number of nitrogens with zero attached hydrogens (tertiary/aromatic N) is 2. The number of sulfonamides is 1. The van der Waals surface area contributed by atoms with E-state index in [0.29, 0.717) is 10.8 Å². The van der Waals surface area contributed by atoms with Crippen LogP contribution in [0.3, 0.4) is 0 Å². The van der Waals surface area contributed by atoms with Crippen LogP contribution >= 0.6 is 0 Å². The number of carbonyl (C=O) groups excluding carboxylic acids is 3. The Morgan fingerprint density at radius 2 is 1.69 bits per heavy atom. The van der Waals surface area contributed by atoms with E-state index in [1.54, 1.807) is 6.08 Å². The van der Waals surface area contributed by atoms with Crippen molar-refractivity contribution in [2.45, 2.75) is 25.8 Å². The SMILES string of the molecule is C=CCOC(=O)N(C(=O)OCC=C)N([C@@H]1C=CCC[C@@]1(C)C(=O)OC)S(C)(=O)=O. The van der Waals surface area contributed by atoms with Gasteiger partial charge in [-0.15, -0.1) is 5.01 Å². The number of esters is 1. The van der Waals surface area contributed by atoms with Crippen molar-refractivity contribution in [2.24, 2.45) is 5.41 Å². The van der Waals surface area contributed by atoms with E-state index in [0.717, 1.165) is 6.26 Å². The van der Waals surface area contributed by atoms with Crippen molar-refractivity contribution in [1.29, 1.82) is 0 Å².